The summed E-state index contributed by atoms with van der Waals surface area (Å²) in [4.78, 5) is 4.47. The summed E-state index contributed by atoms with van der Waals surface area (Å²) in [7, 11) is 1.68. The number of aromatic nitrogens is 1. The van der Waals surface area contributed by atoms with E-state index in [1.807, 2.05) is 12.1 Å². The maximum absolute atomic E-state index is 5.42. The standard InChI is InChI=1S/C17H22N2O/c1-4-9-18-12-14-8-7-13(2)15(11-14)17-16(20-3)6-5-10-19-17/h5-8,10-11,18H,4,9,12H2,1-3H3. The Hall–Kier alpha value is -1.87. The molecule has 0 radical (unpaired) electrons. The molecule has 0 aliphatic heterocycles. The summed E-state index contributed by atoms with van der Waals surface area (Å²) < 4.78 is 5.42. The smallest absolute Gasteiger partial charge is 0.145 e. The van der Waals surface area contributed by atoms with Crippen molar-refractivity contribution in [3.63, 3.8) is 0 Å². The molecule has 3 nitrogen and oxygen atoms in total. The van der Waals surface area contributed by atoms with Crippen LogP contribution in [0.5, 0.6) is 5.75 Å². The van der Waals surface area contributed by atoms with E-state index in [-0.39, 0.29) is 0 Å². The van der Waals surface area contributed by atoms with E-state index in [1.54, 1.807) is 13.3 Å². The van der Waals surface area contributed by atoms with Crippen molar-refractivity contribution in [2.24, 2.45) is 0 Å². The number of aryl methyl sites for hydroxylation is 1. The number of benzene rings is 1. The van der Waals surface area contributed by atoms with E-state index in [0.717, 1.165) is 36.5 Å². The van der Waals surface area contributed by atoms with Crippen molar-refractivity contribution in [2.45, 2.75) is 26.8 Å². The zero-order chi connectivity index (χ0) is 14.4. The molecule has 0 unspecified atom stereocenters. The number of pyridine rings is 1. The second kappa shape index (κ2) is 7.06. The molecule has 1 aromatic carbocycles. The Bertz CT molecular complexity index is 567. The predicted octanol–water partition coefficient (Wildman–Crippen LogP) is 3.57. The fourth-order valence-corrected chi connectivity index (χ4v) is 2.20. The first kappa shape index (κ1) is 14.5. The summed E-state index contributed by atoms with van der Waals surface area (Å²) in [6.45, 7) is 6.20. The van der Waals surface area contributed by atoms with Gasteiger partial charge in [-0.3, -0.25) is 4.98 Å². The van der Waals surface area contributed by atoms with Gasteiger partial charge in [0.1, 0.15) is 11.4 Å². The molecule has 106 valence electrons. The fraction of sp³-hybridized carbons (Fsp3) is 0.353. The average molecular weight is 270 g/mol. The molecule has 0 atom stereocenters. The van der Waals surface area contributed by atoms with Gasteiger partial charge in [0.2, 0.25) is 0 Å². The molecule has 1 aromatic heterocycles. The molecule has 0 aliphatic carbocycles. The van der Waals surface area contributed by atoms with E-state index in [2.05, 4.69) is 42.3 Å². The van der Waals surface area contributed by atoms with Crippen molar-refractivity contribution in [1.82, 2.24) is 10.3 Å². The van der Waals surface area contributed by atoms with Gasteiger partial charge in [-0.15, -0.1) is 0 Å². The number of hydrogen-bond acceptors (Lipinski definition) is 3. The van der Waals surface area contributed by atoms with Crippen molar-refractivity contribution < 1.29 is 4.74 Å². The highest BCUT2D eigenvalue weighted by Gasteiger charge is 2.10. The Morgan fingerprint density at radius 1 is 1.25 bits per heavy atom. The molecule has 0 bridgehead atoms. The molecule has 20 heavy (non-hydrogen) atoms. The lowest BCUT2D eigenvalue weighted by atomic mass is 10.0. The van der Waals surface area contributed by atoms with Gasteiger partial charge in [0.25, 0.3) is 0 Å². The number of nitrogens with one attached hydrogen (secondary N) is 1. The van der Waals surface area contributed by atoms with Gasteiger partial charge in [-0.2, -0.15) is 0 Å². The second-order valence-corrected chi connectivity index (χ2v) is 4.88. The maximum Gasteiger partial charge on any atom is 0.145 e. The highest BCUT2D eigenvalue weighted by Crippen LogP contribution is 2.30. The van der Waals surface area contributed by atoms with E-state index in [4.69, 9.17) is 4.74 Å². The van der Waals surface area contributed by atoms with Crippen molar-refractivity contribution in [1.29, 1.82) is 0 Å². The molecule has 0 fully saturated rings. The van der Waals surface area contributed by atoms with Crippen LogP contribution in [0.4, 0.5) is 0 Å². The molecule has 1 N–H and O–H groups in total. The molecular formula is C17H22N2O. The first-order valence-electron chi connectivity index (χ1n) is 7.06. The summed E-state index contributed by atoms with van der Waals surface area (Å²) in [6, 6.07) is 10.3. The Morgan fingerprint density at radius 3 is 2.85 bits per heavy atom. The largest absolute Gasteiger partial charge is 0.494 e. The van der Waals surface area contributed by atoms with Gasteiger partial charge in [-0.1, -0.05) is 19.1 Å². The summed E-state index contributed by atoms with van der Waals surface area (Å²) in [5.41, 5.74) is 4.52. The van der Waals surface area contributed by atoms with Crippen molar-refractivity contribution in [2.75, 3.05) is 13.7 Å². The van der Waals surface area contributed by atoms with Gasteiger partial charge in [-0.05, 0) is 49.2 Å². The van der Waals surface area contributed by atoms with E-state index < -0.39 is 0 Å². The molecule has 3 heteroatoms. The van der Waals surface area contributed by atoms with E-state index in [0.29, 0.717) is 0 Å². The normalized spacial score (nSPS) is 10.6. The third kappa shape index (κ3) is 3.36. The maximum atomic E-state index is 5.42. The Labute approximate surface area is 121 Å². The molecule has 0 amide bonds. The average Bonchev–Trinajstić information content (AvgIpc) is 2.49. The quantitative estimate of drug-likeness (QED) is 0.815. The van der Waals surface area contributed by atoms with Crippen molar-refractivity contribution in [3.8, 4) is 17.0 Å². The van der Waals surface area contributed by atoms with E-state index >= 15 is 0 Å². The molecule has 2 rings (SSSR count). The molecule has 0 saturated heterocycles. The number of methoxy groups -OCH3 is 1. The zero-order valence-corrected chi connectivity index (χ0v) is 12.4. The van der Waals surface area contributed by atoms with Crippen LogP contribution in [0.1, 0.15) is 24.5 Å². The summed E-state index contributed by atoms with van der Waals surface area (Å²) in [5.74, 6) is 0.814. The van der Waals surface area contributed by atoms with Crippen LogP contribution in [-0.4, -0.2) is 18.6 Å². The van der Waals surface area contributed by atoms with Gasteiger partial charge in [-0.25, -0.2) is 0 Å². The van der Waals surface area contributed by atoms with E-state index in [1.165, 1.54) is 11.1 Å². The minimum Gasteiger partial charge on any atom is -0.494 e. The van der Waals surface area contributed by atoms with Crippen LogP contribution in [0, 0.1) is 6.92 Å². The van der Waals surface area contributed by atoms with Gasteiger partial charge in [0, 0.05) is 18.3 Å². The molecule has 0 spiro atoms. The van der Waals surface area contributed by atoms with Crippen molar-refractivity contribution in [3.05, 3.63) is 47.7 Å². The van der Waals surface area contributed by atoms with Crippen LogP contribution in [0.3, 0.4) is 0 Å². The third-order valence-corrected chi connectivity index (χ3v) is 3.30. The lowest BCUT2D eigenvalue weighted by molar-refractivity contribution is 0.415. The second-order valence-electron chi connectivity index (χ2n) is 4.88. The lowest BCUT2D eigenvalue weighted by Crippen LogP contribution is -2.13. The predicted molar refractivity (Wildman–Crippen MR) is 83.0 cm³/mol. The minimum atomic E-state index is 0.814. The monoisotopic (exact) mass is 270 g/mol. The zero-order valence-electron chi connectivity index (χ0n) is 12.4. The fourth-order valence-electron chi connectivity index (χ4n) is 2.20. The van der Waals surface area contributed by atoms with Crippen LogP contribution >= 0.6 is 0 Å². The SMILES string of the molecule is CCCNCc1ccc(C)c(-c2ncccc2OC)c1. The van der Waals surface area contributed by atoms with Crippen LogP contribution < -0.4 is 10.1 Å². The highest BCUT2D eigenvalue weighted by molar-refractivity contribution is 5.70. The van der Waals surface area contributed by atoms with Gasteiger partial charge in [0.05, 0.1) is 7.11 Å². The van der Waals surface area contributed by atoms with Gasteiger partial charge < -0.3 is 10.1 Å². The summed E-state index contributed by atoms with van der Waals surface area (Å²) in [6.07, 6.45) is 2.95. The highest BCUT2D eigenvalue weighted by atomic mass is 16.5. The minimum absolute atomic E-state index is 0.814. The Morgan fingerprint density at radius 2 is 2.10 bits per heavy atom. The van der Waals surface area contributed by atoms with Gasteiger partial charge >= 0.3 is 0 Å². The molecule has 2 aromatic rings. The summed E-state index contributed by atoms with van der Waals surface area (Å²) >= 11 is 0. The first-order valence-corrected chi connectivity index (χ1v) is 7.06. The van der Waals surface area contributed by atoms with Crippen LogP contribution in [0.25, 0.3) is 11.3 Å². The van der Waals surface area contributed by atoms with Crippen LogP contribution in [-0.2, 0) is 6.54 Å². The van der Waals surface area contributed by atoms with Crippen molar-refractivity contribution >= 4 is 0 Å². The molecular weight excluding hydrogens is 248 g/mol. The van der Waals surface area contributed by atoms with Crippen LogP contribution in [0.15, 0.2) is 36.5 Å². The number of rotatable bonds is 6. The topological polar surface area (TPSA) is 34.2 Å². The van der Waals surface area contributed by atoms with Crippen LogP contribution in [0.2, 0.25) is 0 Å². The molecule has 0 aliphatic rings. The first-order chi connectivity index (χ1) is 9.76. The number of hydrogen-bond donors (Lipinski definition) is 1. The molecule has 0 saturated carbocycles. The molecule has 1 heterocycles. The summed E-state index contributed by atoms with van der Waals surface area (Å²) in [5, 5.41) is 3.43. The number of nitrogens with zero attached hydrogens (tertiary/aromatic N) is 1. The number of ether oxygens (including phenoxy) is 1. The lowest BCUT2D eigenvalue weighted by Gasteiger charge is -2.12. The third-order valence-electron chi connectivity index (χ3n) is 3.30. The Balaban J connectivity index is 2.32. The van der Waals surface area contributed by atoms with Gasteiger partial charge in [0.15, 0.2) is 0 Å². The Kier molecular flexibility index (Phi) is 5.13. The van der Waals surface area contributed by atoms with E-state index in [9.17, 15) is 0 Å².